The van der Waals surface area contributed by atoms with E-state index < -0.39 is 0 Å². The van der Waals surface area contributed by atoms with Crippen molar-refractivity contribution in [2.24, 2.45) is 11.7 Å². The molecule has 1 fully saturated rings. The topological polar surface area (TPSA) is 119 Å². The van der Waals surface area contributed by atoms with Gasteiger partial charge in [-0.2, -0.15) is 0 Å². The number of methoxy groups -OCH3 is 1. The van der Waals surface area contributed by atoms with Gasteiger partial charge < -0.3 is 20.1 Å². The lowest BCUT2D eigenvalue weighted by Crippen LogP contribution is -2.39. The largest absolute Gasteiger partial charge is 0.490 e. The molecule has 36 heavy (non-hydrogen) atoms. The number of nitrogens with one attached hydrogen (secondary N) is 1. The molecule has 1 amide bonds. The molecule has 0 unspecified atom stereocenters. The Morgan fingerprint density at radius 1 is 1.14 bits per heavy atom. The first-order valence-electron chi connectivity index (χ1n) is 11.5. The average molecular weight is 551 g/mol. The molecule has 8 nitrogen and oxygen atoms in total. The number of carbonyl (C=O) groups is 2. The first-order chi connectivity index (χ1) is 17.4. The number of amidine groups is 1. The minimum atomic E-state index is -0.287. The lowest BCUT2D eigenvalue weighted by Gasteiger charge is -2.25. The van der Waals surface area contributed by atoms with Gasteiger partial charge in [-0.3, -0.25) is 20.0 Å². The molecule has 1 saturated heterocycles. The molecule has 0 spiro atoms. The van der Waals surface area contributed by atoms with Gasteiger partial charge in [-0.25, -0.2) is 0 Å². The van der Waals surface area contributed by atoms with Crippen LogP contribution in [0.2, 0.25) is 0 Å². The van der Waals surface area contributed by atoms with Crippen molar-refractivity contribution in [3.8, 4) is 16.9 Å². The van der Waals surface area contributed by atoms with Gasteiger partial charge >= 0.3 is 5.97 Å². The molecule has 1 aliphatic heterocycles. The highest BCUT2D eigenvalue weighted by atomic mass is 79.9. The third-order valence-corrected chi connectivity index (χ3v) is 6.87. The van der Waals surface area contributed by atoms with Crippen LogP contribution < -0.4 is 10.5 Å². The third-order valence-electron chi connectivity index (χ3n) is 6.25. The predicted octanol–water partition coefficient (Wildman–Crippen LogP) is 4.27. The van der Waals surface area contributed by atoms with Gasteiger partial charge in [-0.15, -0.1) is 0 Å². The van der Waals surface area contributed by atoms with Gasteiger partial charge in [0.2, 0.25) is 0 Å². The fourth-order valence-corrected chi connectivity index (χ4v) is 4.86. The van der Waals surface area contributed by atoms with E-state index in [0.717, 1.165) is 15.6 Å². The number of pyridine rings is 1. The number of nitrogen functional groups attached to an aromatic ring is 1. The Labute approximate surface area is 218 Å². The lowest BCUT2D eigenvalue weighted by molar-refractivity contribution is -0.141. The number of halogens is 1. The van der Waals surface area contributed by atoms with Crippen molar-refractivity contribution in [3.63, 3.8) is 0 Å². The predicted molar refractivity (Wildman–Crippen MR) is 140 cm³/mol. The zero-order chi connectivity index (χ0) is 25.7. The number of hydrogen-bond acceptors (Lipinski definition) is 6. The summed E-state index contributed by atoms with van der Waals surface area (Å²) in [5.74, 6) is 0.264. The maximum Gasteiger partial charge on any atom is 0.305 e. The Kier molecular flexibility index (Phi) is 8.00. The van der Waals surface area contributed by atoms with Gasteiger partial charge in [-0.1, -0.05) is 30.3 Å². The fourth-order valence-electron chi connectivity index (χ4n) is 4.37. The summed E-state index contributed by atoms with van der Waals surface area (Å²) in [5.41, 5.74) is 8.69. The Bertz CT molecular complexity index is 1250. The van der Waals surface area contributed by atoms with Crippen LogP contribution in [0.25, 0.3) is 11.1 Å². The van der Waals surface area contributed by atoms with Crippen LogP contribution in [0.5, 0.6) is 5.75 Å². The third kappa shape index (κ3) is 5.91. The SMILES string of the molecule is COC(=O)C[C@@H]1C[C@@H](COc2ccc(-c3ccc(C(=N)N)cc3)cc2Br)N(C(=O)c2cccnc2)C1. The van der Waals surface area contributed by atoms with E-state index in [1.807, 2.05) is 42.5 Å². The van der Waals surface area contributed by atoms with Gasteiger partial charge in [0.15, 0.2) is 0 Å². The first-order valence-corrected chi connectivity index (χ1v) is 12.3. The summed E-state index contributed by atoms with van der Waals surface area (Å²) in [6.07, 6.45) is 4.07. The van der Waals surface area contributed by atoms with Crippen molar-refractivity contribution in [1.82, 2.24) is 9.88 Å². The summed E-state index contributed by atoms with van der Waals surface area (Å²) in [7, 11) is 1.37. The molecular weight excluding hydrogens is 524 g/mol. The molecule has 9 heteroatoms. The molecule has 3 N–H and O–H groups in total. The summed E-state index contributed by atoms with van der Waals surface area (Å²) in [6.45, 7) is 0.738. The standard InChI is InChI=1S/C27H27BrN4O4/c1-35-25(33)12-17-11-22(32(15-17)27(34)21-3-2-10-31-14-21)16-36-24-9-8-20(13-23(24)28)18-4-6-19(7-5-18)26(29)30/h2-10,13-14,17,22H,11-12,15-16H2,1H3,(H3,29,30)/t17-,22-/m0/s1. The van der Waals surface area contributed by atoms with Crippen LogP contribution in [0.1, 0.15) is 28.8 Å². The second-order valence-corrected chi connectivity index (χ2v) is 9.54. The zero-order valence-electron chi connectivity index (χ0n) is 19.8. The lowest BCUT2D eigenvalue weighted by atomic mass is 10.0. The van der Waals surface area contributed by atoms with Crippen molar-refractivity contribution in [2.75, 3.05) is 20.3 Å². The van der Waals surface area contributed by atoms with Gasteiger partial charge in [-0.05, 0) is 63.7 Å². The molecule has 2 atom stereocenters. The quantitative estimate of drug-likeness (QED) is 0.245. The number of likely N-dealkylation sites (tertiary alicyclic amines) is 1. The van der Waals surface area contributed by atoms with E-state index in [2.05, 4.69) is 20.9 Å². The molecule has 186 valence electrons. The van der Waals surface area contributed by atoms with E-state index in [1.54, 1.807) is 29.4 Å². The highest BCUT2D eigenvalue weighted by Gasteiger charge is 2.37. The fraction of sp³-hybridized carbons (Fsp3) is 0.259. The average Bonchev–Trinajstić information content (AvgIpc) is 3.30. The normalized spacial score (nSPS) is 17.0. The first kappa shape index (κ1) is 25.4. The number of nitrogens with zero attached hydrogens (tertiary/aromatic N) is 2. The Hall–Kier alpha value is -3.72. The molecule has 1 aromatic heterocycles. The Balaban J connectivity index is 1.47. The van der Waals surface area contributed by atoms with Crippen molar-refractivity contribution in [3.05, 3.63) is 82.6 Å². The Morgan fingerprint density at radius 3 is 2.53 bits per heavy atom. The van der Waals surface area contributed by atoms with E-state index in [4.69, 9.17) is 20.6 Å². The number of benzene rings is 2. The molecular formula is C27H27BrN4O4. The van der Waals surface area contributed by atoms with E-state index >= 15 is 0 Å². The molecule has 4 rings (SSSR count). The number of nitrogens with two attached hydrogens (primary N) is 1. The van der Waals surface area contributed by atoms with Crippen molar-refractivity contribution < 1.29 is 19.1 Å². The molecule has 1 aliphatic rings. The second-order valence-electron chi connectivity index (χ2n) is 8.68. The van der Waals surface area contributed by atoms with Crippen LogP contribution in [0.3, 0.4) is 0 Å². The van der Waals surface area contributed by atoms with E-state index in [0.29, 0.717) is 29.8 Å². The molecule has 0 aliphatic carbocycles. The maximum absolute atomic E-state index is 13.2. The highest BCUT2D eigenvalue weighted by Crippen LogP contribution is 2.33. The van der Waals surface area contributed by atoms with Crippen molar-refractivity contribution in [1.29, 1.82) is 5.41 Å². The van der Waals surface area contributed by atoms with Gasteiger partial charge in [0.05, 0.1) is 29.6 Å². The monoisotopic (exact) mass is 550 g/mol. The summed E-state index contributed by atoms with van der Waals surface area (Å²) < 4.78 is 11.8. The van der Waals surface area contributed by atoms with Gasteiger partial charge in [0, 0.05) is 24.5 Å². The van der Waals surface area contributed by atoms with Crippen LogP contribution in [-0.2, 0) is 9.53 Å². The smallest absolute Gasteiger partial charge is 0.305 e. The molecule has 2 heterocycles. The van der Waals surface area contributed by atoms with Gasteiger partial charge in [0.25, 0.3) is 5.91 Å². The summed E-state index contributed by atoms with van der Waals surface area (Å²) >= 11 is 3.60. The number of esters is 1. The van der Waals surface area contributed by atoms with Crippen molar-refractivity contribution >= 4 is 33.6 Å². The molecule has 3 aromatic rings. The minimum absolute atomic E-state index is 0.00420. The van der Waals surface area contributed by atoms with Crippen LogP contribution in [0.4, 0.5) is 0 Å². The van der Waals surface area contributed by atoms with Crippen LogP contribution in [-0.4, -0.2) is 53.9 Å². The summed E-state index contributed by atoms with van der Waals surface area (Å²) in [4.78, 5) is 30.9. The number of amides is 1. The van der Waals surface area contributed by atoms with Crippen LogP contribution >= 0.6 is 15.9 Å². The number of hydrogen-bond donors (Lipinski definition) is 2. The molecule has 2 aromatic carbocycles. The van der Waals surface area contributed by atoms with E-state index in [1.165, 1.54) is 7.11 Å². The minimum Gasteiger partial charge on any atom is -0.490 e. The van der Waals surface area contributed by atoms with Crippen LogP contribution in [0, 0.1) is 11.3 Å². The number of aromatic nitrogens is 1. The van der Waals surface area contributed by atoms with Crippen molar-refractivity contribution in [2.45, 2.75) is 18.9 Å². The van der Waals surface area contributed by atoms with E-state index in [9.17, 15) is 9.59 Å². The molecule has 0 radical (unpaired) electrons. The summed E-state index contributed by atoms with van der Waals surface area (Å²) in [6, 6.07) is 16.5. The molecule has 0 bridgehead atoms. The second kappa shape index (κ2) is 11.3. The van der Waals surface area contributed by atoms with E-state index in [-0.39, 0.29) is 42.7 Å². The highest BCUT2D eigenvalue weighted by molar-refractivity contribution is 9.10. The number of carbonyl (C=O) groups excluding carboxylic acids is 2. The maximum atomic E-state index is 13.2. The Morgan fingerprint density at radius 2 is 1.89 bits per heavy atom. The van der Waals surface area contributed by atoms with Crippen LogP contribution in [0.15, 0.2) is 71.5 Å². The van der Waals surface area contributed by atoms with Gasteiger partial charge in [0.1, 0.15) is 18.2 Å². The summed E-state index contributed by atoms with van der Waals surface area (Å²) in [5, 5.41) is 7.54. The number of rotatable bonds is 8. The number of ether oxygens (including phenoxy) is 2. The molecule has 0 saturated carbocycles. The zero-order valence-corrected chi connectivity index (χ0v) is 21.4.